The van der Waals surface area contributed by atoms with Crippen molar-refractivity contribution >= 4 is 54.1 Å². The van der Waals surface area contributed by atoms with Crippen LogP contribution in [0.3, 0.4) is 0 Å². The van der Waals surface area contributed by atoms with Crippen LogP contribution in [-0.4, -0.2) is 9.55 Å². The summed E-state index contributed by atoms with van der Waals surface area (Å²) in [7, 11) is 2.11. The lowest BCUT2D eigenvalue weighted by Crippen LogP contribution is -1.90. The molecule has 0 radical (unpaired) electrons. The second-order valence-electron chi connectivity index (χ2n) is 7.00. The van der Waals surface area contributed by atoms with Gasteiger partial charge in [0.05, 0.1) is 11.0 Å². The van der Waals surface area contributed by atoms with E-state index in [9.17, 15) is 0 Å². The summed E-state index contributed by atoms with van der Waals surface area (Å²) in [5.41, 5.74) is 2.33. The smallest absolute Gasteiger partial charge is 0.0802 e. The molecule has 0 N–H and O–H groups in total. The highest BCUT2D eigenvalue weighted by atomic mass is 14.9. The molecule has 0 bridgehead atoms. The van der Waals surface area contributed by atoms with E-state index in [1.807, 2.05) is 12.3 Å². The summed E-state index contributed by atoms with van der Waals surface area (Å²) in [6.45, 7) is 0. The van der Waals surface area contributed by atoms with Crippen molar-refractivity contribution in [3.05, 3.63) is 79.1 Å². The van der Waals surface area contributed by atoms with E-state index in [1.165, 1.54) is 48.6 Å². The summed E-state index contributed by atoms with van der Waals surface area (Å²) in [5, 5.41) is 10.1. The zero-order valence-electron chi connectivity index (χ0n) is 14.4. The zero-order chi connectivity index (χ0) is 17.3. The first-order valence-electron chi connectivity index (χ1n) is 8.88. The van der Waals surface area contributed by atoms with Crippen molar-refractivity contribution in [2.45, 2.75) is 0 Å². The van der Waals surface area contributed by atoms with Crippen molar-refractivity contribution in [1.82, 2.24) is 9.55 Å². The molecule has 0 saturated heterocycles. The van der Waals surface area contributed by atoms with E-state index in [-0.39, 0.29) is 0 Å². The SMILES string of the molecule is Cn1ccc2c3ncccc3c3c4cc5ccccc5cc4ccc3c21. The topological polar surface area (TPSA) is 17.8 Å². The minimum Gasteiger partial charge on any atom is -0.350 e. The zero-order valence-corrected chi connectivity index (χ0v) is 14.4. The normalized spacial score (nSPS) is 12.0. The van der Waals surface area contributed by atoms with Gasteiger partial charge in [0, 0.05) is 41.0 Å². The number of pyridine rings is 1. The Morgan fingerprint density at radius 1 is 0.692 bits per heavy atom. The van der Waals surface area contributed by atoms with Crippen LogP contribution in [0.25, 0.3) is 54.1 Å². The quantitative estimate of drug-likeness (QED) is 0.240. The van der Waals surface area contributed by atoms with E-state index in [1.54, 1.807) is 0 Å². The largest absolute Gasteiger partial charge is 0.350 e. The van der Waals surface area contributed by atoms with E-state index >= 15 is 0 Å². The predicted octanol–water partition coefficient (Wildman–Crippen LogP) is 6.19. The molecular formula is C24H16N2. The highest BCUT2D eigenvalue weighted by molar-refractivity contribution is 6.30. The fourth-order valence-electron chi connectivity index (χ4n) is 4.38. The summed E-state index contributed by atoms with van der Waals surface area (Å²) < 4.78 is 2.21. The van der Waals surface area contributed by atoms with Crippen molar-refractivity contribution in [3.63, 3.8) is 0 Å². The Bertz CT molecular complexity index is 1490. The number of hydrogen-bond acceptors (Lipinski definition) is 1. The molecule has 26 heavy (non-hydrogen) atoms. The molecule has 0 unspecified atom stereocenters. The monoisotopic (exact) mass is 332 g/mol. The highest BCUT2D eigenvalue weighted by Gasteiger charge is 2.14. The van der Waals surface area contributed by atoms with Gasteiger partial charge < -0.3 is 4.57 Å². The third-order valence-corrected chi connectivity index (χ3v) is 5.55. The lowest BCUT2D eigenvalue weighted by Gasteiger charge is -2.12. The van der Waals surface area contributed by atoms with Crippen LogP contribution in [0.4, 0.5) is 0 Å². The first-order valence-corrected chi connectivity index (χ1v) is 8.88. The van der Waals surface area contributed by atoms with Gasteiger partial charge in [-0.15, -0.1) is 0 Å². The molecule has 2 nitrogen and oxygen atoms in total. The Morgan fingerprint density at radius 2 is 1.54 bits per heavy atom. The van der Waals surface area contributed by atoms with Gasteiger partial charge in [-0.1, -0.05) is 42.5 Å². The molecule has 122 valence electrons. The molecule has 0 aliphatic heterocycles. The van der Waals surface area contributed by atoms with Crippen LogP contribution in [0, 0.1) is 0 Å². The van der Waals surface area contributed by atoms with E-state index in [4.69, 9.17) is 4.98 Å². The van der Waals surface area contributed by atoms with Crippen LogP contribution in [0.15, 0.2) is 79.1 Å². The molecule has 0 amide bonds. The van der Waals surface area contributed by atoms with E-state index in [0.29, 0.717) is 0 Å². The van der Waals surface area contributed by atoms with Gasteiger partial charge in [-0.3, -0.25) is 4.98 Å². The molecule has 2 heteroatoms. The predicted molar refractivity (Wildman–Crippen MR) is 111 cm³/mol. The molecule has 6 aromatic rings. The average Bonchev–Trinajstić information content (AvgIpc) is 3.08. The molecule has 0 aliphatic carbocycles. The van der Waals surface area contributed by atoms with Gasteiger partial charge in [-0.05, 0) is 45.8 Å². The number of nitrogens with zero attached hydrogens (tertiary/aromatic N) is 2. The summed E-state index contributed by atoms with van der Waals surface area (Å²) >= 11 is 0. The minimum absolute atomic E-state index is 1.08. The van der Waals surface area contributed by atoms with Crippen LogP contribution in [0.2, 0.25) is 0 Å². The van der Waals surface area contributed by atoms with E-state index in [2.05, 4.69) is 78.5 Å². The van der Waals surface area contributed by atoms with Crippen molar-refractivity contribution in [2.24, 2.45) is 7.05 Å². The van der Waals surface area contributed by atoms with Gasteiger partial charge in [0.25, 0.3) is 0 Å². The van der Waals surface area contributed by atoms with Gasteiger partial charge in [0.15, 0.2) is 0 Å². The first kappa shape index (κ1) is 13.9. The van der Waals surface area contributed by atoms with Crippen molar-refractivity contribution < 1.29 is 0 Å². The van der Waals surface area contributed by atoms with Gasteiger partial charge >= 0.3 is 0 Å². The number of fused-ring (bicyclic) bond motifs is 9. The molecular weight excluding hydrogens is 316 g/mol. The maximum Gasteiger partial charge on any atom is 0.0802 e. The van der Waals surface area contributed by atoms with Crippen LogP contribution >= 0.6 is 0 Å². The summed E-state index contributed by atoms with van der Waals surface area (Å²) in [6.07, 6.45) is 4.02. The molecule has 0 fully saturated rings. The van der Waals surface area contributed by atoms with Gasteiger partial charge in [0.1, 0.15) is 0 Å². The second-order valence-corrected chi connectivity index (χ2v) is 7.00. The van der Waals surface area contributed by atoms with Crippen molar-refractivity contribution in [2.75, 3.05) is 0 Å². The Hall–Kier alpha value is -3.39. The molecule has 2 aromatic heterocycles. The number of aromatic nitrogens is 2. The third kappa shape index (κ3) is 1.68. The summed E-state index contributed by atoms with van der Waals surface area (Å²) in [5.74, 6) is 0. The van der Waals surface area contributed by atoms with Crippen molar-refractivity contribution in [1.29, 1.82) is 0 Å². The molecule has 4 aromatic carbocycles. The maximum absolute atomic E-state index is 4.73. The Balaban J connectivity index is 1.99. The Labute approximate surface area is 150 Å². The van der Waals surface area contributed by atoms with Crippen LogP contribution in [-0.2, 0) is 7.05 Å². The minimum atomic E-state index is 1.08. The van der Waals surface area contributed by atoms with Gasteiger partial charge in [-0.2, -0.15) is 0 Å². The van der Waals surface area contributed by atoms with E-state index < -0.39 is 0 Å². The van der Waals surface area contributed by atoms with Crippen LogP contribution in [0.1, 0.15) is 0 Å². The van der Waals surface area contributed by atoms with Crippen LogP contribution in [0.5, 0.6) is 0 Å². The molecule has 6 rings (SSSR count). The van der Waals surface area contributed by atoms with Crippen LogP contribution < -0.4 is 0 Å². The highest BCUT2D eigenvalue weighted by Crippen LogP contribution is 2.39. The first-order chi connectivity index (χ1) is 12.8. The lowest BCUT2D eigenvalue weighted by atomic mass is 9.94. The fraction of sp³-hybridized carbons (Fsp3) is 0.0417. The fourth-order valence-corrected chi connectivity index (χ4v) is 4.38. The average molecular weight is 332 g/mol. The third-order valence-electron chi connectivity index (χ3n) is 5.55. The Kier molecular flexibility index (Phi) is 2.57. The van der Waals surface area contributed by atoms with Gasteiger partial charge in [0.2, 0.25) is 0 Å². The second kappa shape index (κ2) is 4.83. The maximum atomic E-state index is 4.73. The Morgan fingerprint density at radius 3 is 2.42 bits per heavy atom. The molecule has 0 spiro atoms. The molecule has 2 heterocycles. The summed E-state index contributed by atoms with van der Waals surface area (Å²) in [6, 6.07) is 24.1. The lowest BCUT2D eigenvalue weighted by molar-refractivity contribution is 0.973. The standard InChI is InChI=1S/C24H16N2/c1-26-12-10-20-23-18(7-4-11-25-23)22-19(24(20)26)9-8-17-13-15-5-2-3-6-16(15)14-21(17)22/h2-14H,1H3. The molecule has 0 aliphatic rings. The molecule has 0 saturated carbocycles. The number of aryl methyl sites for hydroxylation is 1. The summed E-state index contributed by atoms with van der Waals surface area (Å²) in [4.78, 5) is 4.73. The van der Waals surface area contributed by atoms with Crippen molar-refractivity contribution in [3.8, 4) is 0 Å². The number of benzene rings is 4. The van der Waals surface area contributed by atoms with Gasteiger partial charge in [-0.25, -0.2) is 0 Å². The van der Waals surface area contributed by atoms with E-state index in [0.717, 1.165) is 5.52 Å². The molecule has 0 atom stereocenters. The number of rotatable bonds is 0. The number of hydrogen-bond donors (Lipinski definition) is 0.